The molecule has 3 aromatic rings. The molecule has 0 spiro atoms. The Hall–Kier alpha value is -4.25. The lowest BCUT2D eigenvalue weighted by Gasteiger charge is -2.31. The van der Waals surface area contributed by atoms with E-state index in [0.29, 0.717) is 6.54 Å². The number of benzene rings is 3. The van der Waals surface area contributed by atoms with Gasteiger partial charge in [0.05, 0.1) is 21.1 Å². The summed E-state index contributed by atoms with van der Waals surface area (Å²) < 4.78 is 33.4. The zero-order valence-electron chi connectivity index (χ0n) is 19.3. The van der Waals surface area contributed by atoms with Crippen LogP contribution in [0.15, 0.2) is 77.7 Å². The number of aryl methyl sites for hydroxylation is 1. The van der Waals surface area contributed by atoms with Gasteiger partial charge in [-0.2, -0.15) is 0 Å². The zero-order chi connectivity index (χ0) is 25.9. The van der Waals surface area contributed by atoms with Crippen molar-refractivity contribution in [2.24, 2.45) is 0 Å². The fourth-order valence-electron chi connectivity index (χ4n) is 3.97. The third-order valence-corrected chi connectivity index (χ3v) is 7.10. The number of nitrogens with one attached hydrogen (secondary N) is 1. The molecule has 0 radical (unpaired) electrons. The molecule has 0 bridgehead atoms. The normalized spacial score (nSPS) is 13.9. The van der Waals surface area contributed by atoms with Crippen LogP contribution in [0.25, 0.3) is 0 Å². The number of nitro benzene ring substituents is 1. The van der Waals surface area contributed by atoms with Gasteiger partial charge in [-0.3, -0.25) is 19.6 Å². The minimum absolute atomic E-state index is 0.0861. The fraction of sp³-hybridized carbons (Fsp3) is 0.200. The number of fused-ring (bicyclic) bond motifs is 1. The van der Waals surface area contributed by atoms with Crippen LogP contribution in [0.1, 0.15) is 29.3 Å². The number of hydrogen-bond acceptors (Lipinski definition) is 7. The molecule has 186 valence electrons. The SMILES string of the molecule is C[C@@H](OC(=O)c1ccccc1NS(=O)(=O)c1cccc([N+](=O)[O-])c1)C(=O)N1CCCc2ccccc21. The first-order valence-corrected chi connectivity index (χ1v) is 12.6. The van der Waals surface area contributed by atoms with E-state index in [4.69, 9.17) is 4.74 Å². The van der Waals surface area contributed by atoms with Crippen molar-refractivity contribution in [3.63, 3.8) is 0 Å². The molecule has 1 N–H and O–H groups in total. The maximum Gasteiger partial charge on any atom is 0.341 e. The Kier molecular flexibility index (Phi) is 7.02. The third-order valence-electron chi connectivity index (χ3n) is 5.74. The number of hydrogen-bond donors (Lipinski definition) is 1. The van der Waals surface area contributed by atoms with E-state index in [1.54, 1.807) is 4.90 Å². The first-order valence-electron chi connectivity index (χ1n) is 11.1. The molecule has 11 heteroatoms. The number of para-hydroxylation sites is 2. The number of non-ortho nitro benzene ring substituents is 1. The molecule has 1 amide bonds. The molecule has 4 rings (SSSR count). The largest absolute Gasteiger partial charge is 0.449 e. The number of esters is 1. The summed E-state index contributed by atoms with van der Waals surface area (Å²) in [6, 6.07) is 17.8. The highest BCUT2D eigenvalue weighted by molar-refractivity contribution is 7.92. The number of rotatable bonds is 7. The van der Waals surface area contributed by atoms with E-state index in [2.05, 4.69) is 4.72 Å². The average molecular weight is 510 g/mol. The van der Waals surface area contributed by atoms with E-state index >= 15 is 0 Å². The van der Waals surface area contributed by atoms with E-state index in [-0.39, 0.29) is 22.1 Å². The van der Waals surface area contributed by atoms with Gasteiger partial charge < -0.3 is 9.64 Å². The topological polar surface area (TPSA) is 136 Å². The zero-order valence-corrected chi connectivity index (χ0v) is 20.1. The monoisotopic (exact) mass is 509 g/mol. The molecule has 0 saturated heterocycles. The Morgan fingerprint density at radius 1 is 1.06 bits per heavy atom. The van der Waals surface area contributed by atoms with Crippen molar-refractivity contribution in [2.75, 3.05) is 16.2 Å². The molecule has 36 heavy (non-hydrogen) atoms. The summed E-state index contributed by atoms with van der Waals surface area (Å²) in [5.41, 5.74) is 1.23. The number of carbonyl (C=O) groups is 2. The van der Waals surface area contributed by atoms with Crippen LogP contribution in [0.2, 0.25) is 0 Å². The summed E-state index contributed by atoms with van der Waals surface area (Å²) in [6.45, 7) is 1.96. The lowest BCUT2D eigenvalue weighted by atomic mass is 10.0. The minimum Gasteiger partial charge on any atom is -0.449 e. The molecule has 0 unspecified atom stereocenters. The number of carbonyl (C=O) groups excluding carboxylic acids is 2. The van der Waals surface area contributed by atoms with Gasteiger partial charge in [-0.25, -0.2) is 13.2 Å². The van der Waals surface area contributed by atoms with Crippen LogP contribution >= 0.6 is 0 Å². The van der Waals surface area contributed by atoms with E-state index < -0.39 is 32.7 Å². The Balaban J connectivity index is 1.52. The average Bonchev–Trinajstić information content (AvgIpc) is 2.88. The Labute approximate surface area is 207 Å². The van der Waals surface area contributed by atoms with Crippen molar-refractivity contribution in [1.29, 1.82) is 0 Å². The number of nitro groups is 1. The van der Waals surface area contributed by atoms with Crippen molar-refractivity contribution in [2.45, 2.75) is 30.8 Å². The fourth-order valence-corrected chi connectivity index (χ4v) is 5.09. The first kappa shape index (κ1) is 24.9. The van der Waals surface area contributed by atoms with Gasteiger partial charge in [-0.1, -0.05) is 36.4 Å². The smallest absolute Gasteiger partial charge is 0.341 e. The van der Waals surface area contributed by atoms with Crippen LogP contribution in [0.5, 0.6) is 0 Å². The van der Waals surface area contributed by atoms with E-state index in [9.17, 15) is 28.1 Å². The Bertz CT molecular complexity index is 1440. The highest BCUT2D eigenvalue weighted by Crippen LogP contribution is 2.28. The van der Waals surface area contributed by atoms with Crippen LogP contribution < -0.4 is 9.62 Å². The van der Waals surface area contributed by atoms with Gasteiger partial charge in [0.15, 0.2) is 6.10 Å². The summed E-state index contributed by atoms with van der Waals surface area (Å²) in [4.78, 5) is 37.6. The van der Waals surface area contributed by atoms with Gasteiger partial charge in [-0.15, -0.1) is 0 Å². The standard InChI is InChI=1S/C25H23N3O7S/c1-17(24(29)27-15-7-9-18-8-2-5-14-23(18)27)35-25(30)21-12-3-4-13-22(21)26-36(33,34)20-11-6-10-19(16-20)28(31)32/h2-6,8,10-14,16-17,26H,7,9,15H2,1H3/t17-/m1/s1. The summed E-state index contributed by atoms with van der Waals surface area (Å²) in [5.74, 6) is -1.27. The summed E-state index contributed by atoms with van der Waals surface area (Å²) in [7, 11) is -4.26. The highest BCUT2D eigenvalue weighted by atomic mass is 32.2. The molecular formula is C25H23N3O7S. The van der Waals surface area contributed by atoms with Gasteiger partial charge in [0.25, 0.3) is 21.6 Å². The van der Waals surface area contributed by atoms with Gasteiger partial charge in [-0.05, 0) is 49.6 Å². The second kappa shape index (κ2) is 10.2. The van der Waals surface area contributed by atoms with E-state index in [1.165, 1.54) is 49.4 Å². The maximum absolute atomic E-state index is 13.1. The number of anilines is 2. The van der Waals surface area contributed by atoms with Crippen LogP contribution in [0, 0.1) is 10.1 Å². The molecule has 0 aromatic heterocycles. The molecule has 1 aliphatic heterocycles. The highest BCUT2D eigenvalue weighted by Gasteiger charge is 2.29. The molecule has 1 aliphatic rings. The number of sulfonamides is 1. The lowest BCUT2D eigenvalue weighted by Crippen LogP contribution is -2.42. The van der Waals surface area contributed by atoms with Gasteiger partial charge in [0.2, 0.25) is 0 Å². The predicted octanol–water partition coefficient (Wildman–Crippen LogP) is 3.92. The van der Waals surface area contributed by atoms with Crippen LogP contribution in [0.4, 0.5) is 17.1 Å². The molecular weight excluding hydrogens is 486 g/mol. The summed E-state index contributed by atoms with van der Waals surface area (Å²) >= 11 is 0. The first-order chi connectivity index (χ1) is 17.2. The van der Waals surface area contributed by atoms with Gasteiger partial charge >= 0.3 is 5.97 Å². The summed E-state index contributed by atoms with van der Waals surface area (Å²) in [5, 5.41) is 11.0. The van der Waals surface area contributed by atoms with Crippen LogP contribution in [-0.2, 0) is 26.0 Å². The second-order valence-corrected chi connectivity index (χ2v) is 9.86. The number of ether oxygens (including phenoxy) is 1. The van der Waals surface area contributed by atoms with E-state index in [0.717, 1.165) is 30.2 Å². The number of nitrogens with zero attached hydrogens (tertiary/aromatic N) is 2. The molecule has 0 fully saturated rings. The minimum atomic E-state index is -4.26. The van der Waals surface area contributed by atoms with Gasteiger partial charge in [0, 0.05) is 24.4 Å². The second-order valence-electron chi connectivity index (χ2n) is 8.18. The predicted molar refractivity (Wildman–Crippen MR) is 132 cm³/mol. The van der Waals surface area contributed by atoms with Crippen LogP contribution in [-0.4, -0.2) is 37.9 Å². The molecule has 10 nitrogen and oxygen atoms in total. The summed E-state index contributed by atoms with van der Waals surface area (Å²) in [6.07, 6.45) is 0.517. The van der Waals surface area contributed by atoms with Crippen molar-refractivity contribution < 1.29 is 27.7 Å². The molecule has 0 aliphatic carbocycles. The molecule has 0 saturated carbocycles. The Morgan fingerprint density at radius 2 is 1.78 bits per heavy atom. The van der Waals surface area contributed by atoms with Crippen molar-refractivity contribution in [3.8, 4) is 0 Å². The van der Waals surface area contributed by atoms with Crippen molar-refractivity contribution in [1.82, 2.24) is 0 Å². The number of amides is 1. The Morgan fingerprint density at radius 3 is 2.56 bits per heavy atom. The molecule has 3 aromatic carbocycles. The molecule has 1 heterocycles. The quantitative estimate of drug-likeness (QED) is 0.290. The van der Waals surface area contributed by atoms with Crippen molar-refractivity contribution in [3.05, 3.63) is 94.0 Å². The van der Waals surface area contributed by atoms with Gasteiger partial charge in [0.1, 0.15) is 0 Å². The van der Waals surface area contributed by atoms with E-state index in [1.807, 2.05) is 24.3 Å². The maximum atomic E-state index is 13.1. The molecule has 1 atom stereocenters. The third kappa shape index (κ3) is 5.20. The lowest BCUT2D eigenvalue weighted by molar-refractivity contribution is -0.385. The van der Waals surface area contributed by atoms with Crippen molar-refractivity contribution >= 4 is 39.0 Å². The van der Waals surface area contributed by atoms with Crippen LogP contribution in [0.3, 0.4) is 0 Å².